The number of pyridine rings is 1. The first-order chi connectivity index (χ1) is 16.2. The predicted molar refractivity (Wildman–Crippen MR) is 126 cm³/mol. The zero-order valence-electron chi connectivity index (χ0n) is 18.9. The minimum atomic E-state index is -0.242. The second kappa shape index (κ2) is 9.89. The van der Waals surface area contributed by atoms with Crippen LogP contribution in [0.1, 0.15) is 30.9 Å². The Morgan fingerprint density at radius 3 is 2.24 bits per heavy atom. The number of carbonyl (C=O) groups excluding carboxylic acids is 2. The first kappa shape index (κ1) is 21.9. The van der Waals surface area contributed by atoms with Crippen LogP contribution in [0.3, 0.4) is 0 Å². The fraction of sp³-hybridized carbons (Fsp3) is 0.480. The number of hydrogen-bond acceptors (Lipinski definition) is 6. The topological polar surface area (TPSA) is 80.8 Å². The third-order valence-corrected chi connectivity index (χ3v) is 7.16. The molecule has 3 fully saturated rings. The number of para-hydroxylation sites is 1. The highest BCUT2D eigenvalue weighted by atomic mass is 16.2. The van der Waals surface area contributed by atoms with Crippen molar-refractivity contribution in [3.63, 3.8) is 0 Å². The summed E-state index contributed by atoms with van der Waals surface area (Å²) >= 11 is 0. The number of rotatable bonds is 4. The van der Waals surface area contributed by atoms with Crippen LogP contribution >= 0.6 is 0 Å². The van der Waals surface area contributed by atoms with E-state index in [2.05, 4.69) is 45.0 Å². The molecular weight excluding hydrogens is 416 g/mol. The molecule has 0 radical (unpaired) electrons. The lowest BCUT2D eigenvalue weighted by molar-refractivity contribution is -0.141. The van der Waals surface area contributed by atoms with Crippen LogP contribution in [0.5, 0.6) is 0 Å². The van der Waals surface area contributed by atoms with Gasteiger partial charge in [0.1, 0.15) is 6.04 Å². The van der Waals surface area contributed by atoms with Gasteiger partial charge in [-0.05, 0) is 43.0 Å². The molecule has 2 N–H and O–H groups in total. The number of piperidine rings is 1. The number of hydrogen-bond donors (Lipinski definition) is 2. The van der Waals surface area contributed by atoms with E-state index < -0.39 is 0 Å². The number of piperazine rings is 1. The maximum atomic E-state index is 13.1. The van der Waals surface area contributed by atoms with Gasteiger partial charge in [-0.15, -0.1) is 0 Å². The van der Waals surface area contributed by atoms with Crippen LogP contribution in [0.25, 0.3) is 0 Å². The third kappa shape index (κ3) is 4.86. The van der Waals surface area contributed by atoms with Gasteiger partial charge in [-0.2, -0.15) is 0 Å². The average Bonchev–Trinajstić information content (AvgIpc) is 3.40. The number of aromatic nitrogens is 1. The number of nitrogens with one attached hydrogen (secondary N) is 2. The van der Waals surface area contributed by atoms with Crippen LogP contribution in [-0.2, 0) is 9.59 Å². The molecule has 8 heteroatoms. The Labute approximate surface area is 194 Å². The van der Waals surface area contributed by atoms with Crippen molar-refractivity contribution in [1.29, 1.82) is 0 Å². The van der Waals surface area contributed by atoms with E-state index in [4.69, 9.17) is 0 Å². The van der Waals surface area contributed by atoms with Crippen LogP contribution in [0.2, 0.25) is 0 Å². The summed E-state index contributed by atoms with van der Waals surface area (Å²) in [5.74, 6) is 0.401. The van der Waals surface area contributed by atoms with E-state index in [-0.39, 0.29) is 29.8 Å². The highest BCUT2D eigenvalue weighted by Gasteiger charge is 2.36. The fourth-order valence-corrected chi connectivity index (χ4v) is 5.17. The smallest absolute Gasteiger partial charge is 0.241 e. The lowest BCUT2D eigenvalue weighted by Gasteiger charge is -2.39. The molecule has 5 rings (SSSR count). The average molecular weight is 449 g/mol. The Morgan fingerprint density at radius 2 is 1.55 bits per heavy atom. The van der Waals surface area contributed by atoms with E-state index in [1.807, 2.05) is 34.2 Å². The molecule has 1 aromatic heterocycles. The van der Waals surface area contributed by atoms with Crippen molar-refractivity contribution in [2.45, 2.75) is 31.3 Å². The summed E-state index contributed by atoms with van der Waals surface area (Å²) < 4.78 is 0. The molecule has 33 heavy (non-hydrogen) atoms. The summed E-state index contributed by atoms with van der Waals surface area (Å²) in [6.07, 6.45) is 5.78. The molecule has 0 saturated carbocycles. The van der Waals surface area contributed by atoms with Crippen molar-refractivity contribution in [1.82, 2.24) is 25.6 Å². The zero-order valence-corrected chi connectivity index (χ0v) is 18.9. The lowest BCUT2D eigenvalue weighted by atomic mass is 9.94. The van der Waals surface area contributed by atoms with E-state index in [0.717, 1.165) is 44.6 Å². The number of nitrogens with zero attached hydrogens (tertiary/aromatic N) is 4. The van der Waals surface area contributed by atoms with Crippen LogP contribution in [0, 0.1) is 5.92 Å². The van der Waals surface area contributed by atoms with Crippen molar-refractivity contribution in [3.05, 3.63) is 60.4 Å². The Hall–Kier alpha value is -2.97. The summed E-state index contributed by atoms with van der Waals surface area (Å²) in [5, 5.41) is 0. The van der Waals surface area contributed by atoms with Gasteiger partial charge in [0.25, 0.3) is 0 Å². The summed E-state index contributed by atoms with van der Waals surface area (Å²) in [6, 6.07) is 14.2. The number of anilines is 1. The summed E-state index contributed by atoms with van der Waals surface area (Å²) in [7, 11) is 0. The molecule has 3 aliphatic heterocycles. The van der Waals surface area contributed by atoms with E-state index in [9.17, 15) is 9.59 Å². The van der Waals surface area contributed by atoms with Gasteiger partial charge in [-0.3, -0.25) is 14.6 Å². The molecule has 0 bridgehead atoms. The maximum absolute atomic E-state index is 13.1. The van der Waals surface area contributed by atoms with E-state index in [1.54, 1.807) is 6.20 Å². The monoisotopic (exact) mass is 448 g/mol. The fourth-order valence-electron chi connectivity index (χ4n) is 5.17. The molecule has 4 heterocycles. The zero-order chi connectivity index (χ0) is 22.6. The number of hydrazine groups is 1. The number of carbonyl (C=O) groups is 2. The van der Waals surface area contributed by atoms with Crippen molar-refractivity contribution in [2.75, 3.05) is 44.2 Å². The van der Waals surface area contributed by atoms with Gasteiger partial charge in [0.2, 0.25) is 11.8 Å². The van der Waals surface area contributed by atoms with Gasteiger partial charge in [0.05, 0.1) is 0 Å². The van der Waals surface area contributed by atoms with Crippen LogP contribution in [0.4, 0.5) is 5.69 Å². The minimum Gasteiger partial charge on any atom is -0.368 e. The molecular formula is C25H32N6O2. The van der Waals surface area contributed by atoms with Crippen molar-refractivity contribution >= 4 is 17.5 Å². The normalized spacial score (nSPS) is 24.2. The van der Waals surface area contributed by atoms with Crippen molar-refractivity contribution in [3.8, 4) is 0 Å². The van der Waals surface area contributed by atoms with E-state index in [0.29, 0.717) is 19.5 Å². The Balaban J connectivity index is 1.08. The summed E-state index contributed by atoms with van der Waals surface area (Å²) in [4.78, 5) is 36.6. The molecule has 0 spiro atoms. The van der Waals surface area contributed by atoms with E-state index >= 15 is 0 Å². The standard InChI is InChI=1S/C25H32N6O2/c32-24(31-15-13-29(14-16-31)21-6-2-1-3-7-21)19-8-11-30(12-9-19)25(33)23-17-22(27-28-23)20-5-4-10-26-18-20/h1-7,10,18-19,22-23,27-28H,8-9,11-17H2. The molecule has 2 atom stereocenters. The first-order valence-electron chi connectivity index (χ1n) is 12.0. The van der Waals surface area contributed by atoms with Crippen LogP contribution < -0.4 is 15.8 Å². The molecule has 174 valence electrons. The van der Waals surface area contributed by atoms with E-state index in [1.165, 1.54) is 5.69 Å². The molecule has 2 aromatic rings. The van der Waals surface area contributed by atoms with Crippen LogP contribution in [-0.4, -0.2) is 71.9 Å². The van der Waals surface area contributed by atoms with Gasteiger partial charge < -0.3 is 14.7 Å². The number of likely N-dealkylation sites (tertiary alicyclic amines) is 1. The Morgan fingerprint density at radius 1 is 0.818 bits per heavy atom. The quantitative estimate of drug-likeness (QED) is 0.739. The van der Waals surface area contributed by atoms with Crippen molar-refractivity contribution < 1.29 is 9.59 Å². The van der Waals surface area contributed by atoms with Gasteiger partial charge in [0.15, 0.2) is 0 Å². The molecule has 8 nitrogen and oxygen atoms in total. The molecule has 1 aromatic carbocycles. The van der Waals surface area contributed by atoms with Gasteiger partial charge in [-0.1, -0.05) is 24.3 Å². The van der Waals surface area contributed by atoms with Gasteiger partial charge in [0, 0.05) is 69.3 Å². The summed E-state index contributed by atoms with van der Waals surface area (Å²) in [6.45, 7) is 4.56. The van der Waals surface area contributed by atoms with Crippen LogP contribution in [0.15, 0.2) is 54.9 Å². The summed E-state index contributed by atoms with van der Waals surface area (Å²) in [5.41, 5.74) is 8.68. The van der Waals surface area contributed by atoms with Gasteiger partial charge >= 0.3 is 0 Å². The minimum absolute atomic E-state index is 0.0233. The largest absolute Gasteiger partial charge is 0.368 e. The maximum Gasteiger partial charge on any atom is 0.241 e. The lowest BCUT2D eigenvalue weighted by Crippen LogP contribution is -2.53. The molecule has 3 saturated heterocycles. The second-order valence-corrected chi connectivity index (χ2v) is 9.16. The number of amides is 2. The van der Waals surface area contributed by atoms with Crippen molar-refractivity contribution in [2.24, 2.45) is 5.92 Å². The van der Waals surface area contributed by atoms with Gasteiger partial charge in [-0.25, -0.2) is 10.9 Å². The Bertz CT molecular complexity index is 940. The number of benzene rings is 1. The second-order valence-electron chi connectivity index (χ2n) is 9.16. The third-order valence-electron chi connectivity index (χ3n) is 7.16. The molecule has 2 amide bonds. The molecule has 2 unspecified atom stereocenters. The Kier molecular flexibility index (Phi) is 6.55. The SMILES string of the molecule is O=C(C1CCN(C(=O)C2CC(c3cccnc3)NN2)CC1)N1CCN(c2ccccc2)CC1. The molecule has 0 aliphatic carbocycles. The highest BCUT2D eigenvalue weighted by molar-refractivity contribution is 5.83. The first-order valence-corrected chi connectivity index (χ1v) is 12.0. The predicted octanol–water partition coefficient (Wildman–Crippen LogP) is 1.58. The molecule has 3 aliphatic rings. The highest BCUT2D eigenvalue weighted by Crippen LogP contribution is 2.26.